The van der Waals surface area contributed by atoms with E-state index in [0.29, 0.717) is 13.1 Å². The number of likely N-dealkylation sites (tertiary alicyclic amines) is 1. The average Bonchev–Trinajstić information content (AvgIpc) is 2.79. The molecule has 0 aromatic rings. The maximum Gasteiger partial charge on any atom is 0.410 e. The number of piperidine rings is 1. The Morgan fingerprint density at radius 3 is 2.25 bits per heavy atom. The Hall–Kier alpha value is -0.750. The number of carbonyl (C=O) groups excluding carboxylic acids is 1. The highest BCUT2D eigenvalue weighted by atomic mass is 32.2. The zero-order valence-corrected chi connectivity index (χ0v) is 16.8. The van der Waals surface area contributed by atoms with Gasteiger partial charge in [-0.05, 0) is 73.6 Å². The Morgan fingerprint density at radius 2 is 1.75 bits per heavy atom. The first kappa shape index (κ1) is 19.6. The second-order valence-corrected chi connectivity index (χ2v) is 10.9. The Balaban J connectivity index is 2.03. The van der Waals surface area contributed by atoms with E-state index in [2.05, 4.69) is 4.40 Å². The van der Waals surface area contributed by atoms with Gasteiger partial charge in [0.25, 0.3) is 0 Å². The fraction of sp³-hybridized carbons (Fsp3) is 0.889. The van der Waals surface area contributed by atoms with Crippen molar-refractivity contribution < 1.29 is 14.1 Å². The van der Waals surface area contributed by atoms with Gasteiger partial charge in [0, 0.05) is 18.5 Å². The van der Waals surface area contributed by atoms with Crippen LogP contribution in [0.15, 0.2) is 4.40 Å². The third kappa shape index (κ3) is 4.66. The Labute approximate surface area is 149 Å². The normalized spacial score (nSPS) is 24.5. The predicted octanol–water partition coefficient (Wildman–Crippen LogP) is 4.09. The Morgan fingerprint density at radius 1 is 1.17 bits per heavy atom. The lowest BCUT2D eigenvalue weighted by Gasteiger charge is -2.39. The quantitative estimate of drug-likeness (QED) is 0.665. The summed E-state index contributed by atoms with van der Waals surface area (Å²) in [5.41, 5.74) is 0.689. The van der Waals surface area contributed by atoms with Crippen molar-refractivity contribution in [2.45, 2.75) is 84.0 Å². The van der Waals surface area contributed by atoms with Crippen molar-refractivity contribution in [3.8, 4) is 0 Å². The summed E-state index contributed by atoms with van der Waals surface area (Å²) in [7, 11) is 0. The SMILES string of the molecule is CC(C)(C)OC(=O)N1CCC2(CCC/C2=N\[S@+]([O-])C(C)(C)C)CC1. The molecule has 2 fully saturated rings. The van der Waals surface area contributed by atoms with Crippen LogP contribution < -0.4 is 0 Å². The van der Waals surface area contributed by atoms with Crippen molar-refractivity contribution >= 4 is 23.2 Å². The van der Waals surface area contributed by atoms with Gasteiger partial charge in [-0.25, -0.2) is 4.79 Å². The molecule has 0 unspecified atom stereocenters. The minimum Gasteiger partial charge on any atom is -0.591 e. The molecule has 5 nitrogen and oxygen atoms in total. The summed E-state index contributed by atoms with van der Waals surface area (Å²) in [5, 5.41) is 0. The molecular formula is C18H32N2O3S. The number of hydrogen-bond donors (Lipinski definition) is 0. The first-order valence-electron chi connectivity index (χ1n) is 8.91. The number of amides is 1. The summed E-state index contributed by atoms with van der Waals surface area (Å²) in [6.45, 7) is 12.9. The number of rotatable bonds is 1. The lowest BCUT2D eigenvalue weighted by atomic mass is 9.76. The minimum absolute atomic E-state index is 0.0411. The highest BCUT2D eigenvalue weighted by molar-refractivity contribution is 7.91. The monoisotopic (exact) mass is 356 g/mol. The molecule has 0 N–H and O–H groups in total. The van der Waals surface area contributed by atoms with E-state index < -0.39 is 17.0 Å². The van der Waals surface area contributed by atoms with Crippen molar-refractivity contribution in [2.75, 3.05) is 13.1 Å². The second kappa shape index (κ2) is 6.87. The molecule has 1 saturated carbocycles. The van der Waals surface area contributed by atoms with Crippen LogP contribution >= 0.6 is 0 Å². The molecular weight excluding hydrogens is 324 g/mol. The van der Waals surface area contributed by atoms with Crippen LogP contribution in [0, 0.1) is 5.41 Å². The van der Waals surface area contributed by atoms with Gasteiger partial charge in [-0.2, -0.15) is 0 Å². The number of ether oxygens (including phenoxy) is 1. The predicted molar refractivity (Wildman–Crippen MR) is 98.7 cm³/mol. The van der Waals surface area contributed by atoms with Crippen molar-refractivity contribution in [3.05, 3.63) is 0 Å². The minimum atomic E-state index is -1.20. The van der Waals surface area contributed by atoms with E-state index in [-0.39, 0.29) is 16.3 Å². The van der Waals surface area contributed by atoms with Gasteiger partial charge in [0.1, 0.15) is 21.7 Å². The summed E-state index contributed by atoms with van der Waals surface area (Å²) in [5.74, 6) is 0. The van der Waals surface area contributed by atoms with Gasteiger partial charge >= 0.3 is 6.09 Å². The van der Waals surface area contributed by atoms with Crippen LogP contribution in [0.5, 0.6) is 0 Å². The van der Waals surface area contributed by atoms with E-state index in [9.17, 15) is 9.35 Å². The number of hydrogen-bond acceptors (Lipinski definition) is 4. The first-order valence-corrected chi connectivity index (χ1v) is 10.0. The molecule has 1 aliphatic carbocycles. The van der Waals surface area contributed by atoms with E-state index >= 15 is 0 Å². The number of carbonyl (C=O) groups is 1. The van der Waals surface area contributed by atoms with Crippen molar-refractivity contribution in [2.24, 2.45) is 9.81 Å². The van der Waals surface area contributed by atoms with Crippen molar-refractivity contribution in [1.82, 2.24) is 4.90 Å². The Kier molecular flexibility index (Phi) is 5.60. The van der Waals surface area contributed by atoms with Crippen LogP contribution in [0.1, 0.15) is 73.6 Å². The molecule has 0 aromatic heterocycles. The summed E-state index contributed by atoms with van der Waals surface area (Å²) < 4.78 is 22.2. The zero-order chi connectivity index (χ0) is 18.2. The molecule has 1 heterocycles. The van der Waals surface area contributed by atoms with Gasteiger partial charge in [0.15, 0.2) is 0 Å². The molecule has 2 rings (SSSR count). The average molecular weight is 357 g/mol. The van der Waals surface area contributed by atoms with Crippen LogP contribution in [-0.2, 0) is 16.1 Å². The molecule has 1 atom stereocenters. The van der Waals surface area contributed by atoms with E-state index in [1.165, 1.54) is 0 Å². The molecule has 0 bridgehead atoms. The van der Waals surface area contributed by atoms with Gasteiger partial charge in [0.2, 0.25) is 0 Å². The number of nitrogens with zero attached hydrogens (tertiary/aromatic N) is 2. The van der Waals surface area contributed by atoms with Crippen molar-refractivity contribution in [3.63, 3.8) is 0 Å². The van der Waals surface area contributed by atoms with Crippen molar-refractivity contribution in [1.29, 1.82) is 0 Å². The summed E-state index contributed by atoms with van der Waals surface area (Å²) in [4.78, 5) is 14.0. The molecule has 1 aliphatic heterocycles. The van der Waals surface area contributed by atoms with E-state index in [0.717, 1.165) is 37.8 Å². The lowest BCUT2D eigenvalue weighted by molar-refractivity contribution is 0.0156. The summed E-state index contributed by atoms with van der Waals surface area (Å²) >= 11 is -1.20. The molecule has 0 aromatic carbocycles. The topological polar surface area (TPSA) is 65.0 Å². The molecule has 6 heteroatoms. The Bertz CT molecular complexity index is 497. The van der Waals surface area contributed by atoms with Crippen LogP contribution in [0.4, 0.5) is 4.79 Å². The van der Waals surface area contributed by atoms with Gasteiger partial charge in [-0.1, -0.05) is 4.40 Å². The highest BCUT2D eigenvalue weighted by Gasteiger charge is 2.45. The molecule has 1 spiro atoms. The standard InChI is InChI=1S/C18H32N2O3S/c1-16(2,3)23-15(21)20-12-10-18(11-13-20)9-7-8-14(18)19-24(22)17(4,5)6/h7-13H2,1-6H3/b19-14+/t24-/m1/s1. The molecule has 1 saturated heterocycles. The molecule has 2 aliphatic rings. The molecule has 24 heavy (non-hydrogen) atoms. The van der Waals surface area contributed by atoms with E-state index in [4.69, 9.17) is 4.74 Å². The zero-order valence-electron chi connectivity index (χ0n) is 16.0. The fourth-order valence-corrected chi connectivity index (χ4v) is 4.12. The molecule has 1 amide bonds. The highest BCUT2D eigenvalue weighted by Crippen LogP contribution is 2.45. The van der Waals surface area contributed by atoms with Gasteiger partial charge in [0.05, 0.1) is 5.71 Å². The van der Waals surface area contributed by atoms with Gasteiger partial charge < -0.3 is 14.2 Å². The van der Waals surface area contributed by atoms with Gasteiger partial charge in [-0.3, -0.25) is 0 Å². The third-order valence-corrected chi connectivity index (χ3v) is 6.20. The maximum atomic E-state index is 12.4. The van der Waals surface area contributed by atoms with Crippen LogP contribution in [0.25, 0.3) is 0 Å². The first-order chi connectivity index (χ1) is 10.9. The van der Waals surface area contributed by atoms with E-state index in [1.807, 2.05) is 41.5 Å². The van der Waals surface area contributed by atoms with Crippen LogP contribution in [-0.4, -0.2) is 44.7 Å². The molecule has 138 valence electrons. The maximum absolute atomic E-state index is 12.4. The third-order valence-electron chi connectivity index (χ3n) is 4.77. The molecule has 0 radical (unpaired) electrons. The second-order valence-electron chi connectivity index (χ2n) is 9.00. The fourth-order valence-electron chi connectivity index (χ4n) is 3.37. The summed E-state index contributed by atoms with van der Waals surface area (Å²) in [6.07, 6.45) is 4.70. The summed E-state index contributed by atoms with van der Waals surface area (Å²) in [6, 6.07) is 0. The smallest absolute Gasteiger partial charge is 0.410 e. The van der Waals surface area contributed by atoms with Crippen LogP contribution in [0.3, 0.4) is 0 Å². The lowest BCUT2D eigenvalue weighted by Crippen LogP contribution is -2.46. The van der Waals surface area contributed by atoms with E-state index in [1.54, 1.807) is 4.90 Å². The largest absolute Gasteiger partial charge is 0.591 e. The van der Waals surface area contributed by atoms with Gasteiger partial charge in [-0.15, -0.1) is 0 Å². The van der Waals surface area contributed by atoms with Crippen LogP contribution in [0.2, 0.25) is 0 Å².